The number of fused-ring (bicyclic) bond motifs is 4. The molecular weight excluding hydrogens is 386 g/mol. The third-order valence-corrected chi connectivity index (χ3v) is 5.79. The predicted molar refractivity (Wildman–Crippen MR) is 111 cm³/mol. The minimum Gasteiger partial charge on any atom is -0.389 e. The average molecular weight is 406 g/mol. The topological polar surface area (TPSA) is 45.5 Å². The molecule has 1 aliphatic rings. The van der Waals surface area contributed by atoms with Crippen LogP contribution in [0, 0.1) is 11.6 Å². The van der Waals surface area contributed by atoms with Gasteiger partial charge in [-0.25, -0.2) is 8.78 Å². The van der Waals surface area contributed by atoms with Gasteiger partial charge in [0.1, 0.15) is 11.6 Å². The van der Waals surface area contributed by atoms with E-state index in [0.29, 0.717) is 34.8 Å². The van der Waals surface area contributed by atoms with Gasteiger partial charge in [0.15, 0.2) is 0 Å². The van der Waals surface area contributed by atoms with Crippen molar-refractivity contribution in [2.45, 2.75) is 25.6 Å². The van der Waals surface area contributed by atoms with Crippen LogP contribution in [0.3, 0.4) is 0 Å². The number of aliphatic hydroxyl groups excluding tert-OH is 1. The molecule has 1 aliphatic heterocycles. The number of carbonyl (C=O) groups excluding carboxylic acids is 1. The summed E-state index contributed by atoms with van der Waals surface area (Å²) in [6.45, 7) is 0.870. The first-order valence-electron chi connectivity index (χ1n) is 9.89. The maximum atomic E-state index is 13.8. The molecule has 0 bridgehead atoms. The number of amides is 1. The second kappa shape index (κ2) is 7.22. The largest absolute Gasteiger partial charge is 0.389 e. The summed E-state index contributed by atoms with van der Waals surface area (Å²) in [5.74, 6) is -0.813. The highest BCUT2D eigenvalue weighted by molar-refractivity contribution is 6.08. The van der Waals surface area contributed by atoms with E-state index < -0.39 is 17.7 Å². The Labute approximate surface area is 172 Å². The summed E-state index contributed by atoms with van der Waals surface area (Å²) in [4.78, 5) is 14.2. The van der Waals surface area contributed by atoms with Crippen LogP contribution in [-0.4, -0.2) is 33.1 Å². The molecular formula is C24H20F2N2O2. The van der Waals surface area contributed by atoms with E-state index in [1.54, 1.807) is 17.0 Å². The third kappa shape index (κ3) is 3.23. The molecule has 1 atom stereocenters. The Morgan fingerprint density at radius 3 is 2.10 bits per heavy atom. The van der Waals surface area contributed by atoms with E-state index in [2.05, 4.69) is 0 Å². The molecule has 4 aromatic rings. The molecule has 1 unspecified atom stereocenters. The van der Waals surface area contributed by atoms with E-state index in [1.807, 2.05) is 28.8 Å². The maximum Gasteiger partial charge on any atom is 0.227 e. The standard InChI is InChI=1S/C24H20F2N2O2/c25-17-5-7-22-20(10-17)21-11-18(26)6-8-23(21)28(22)14-19(29)13-27-12-16-4-2-1-3-15(16)9-24(27)30/h1-8,10-11,19,29H,9,12-14H2. The molecule has 152 valence electrons. The van der Waals surface area contributed by atoms with Gasteiger partial charge in [0.25, 0.3) is 0 Å². The molecule has 0 spiro atoms. The molecule has 6 heteroatoms. The Hall–Kier alpha value is -3.25. The SMILES string of the molecule is O=C1Cc2ccccc2CN1CC(O)Cn1c2ccc(F)cc2c2cc(F)ccc21. The second-order valence-corrected chi connectivity index (χ2v) is 7.81. The van der Waals surface area contributed by atoms with Crippen LogP contribution in [0.5, 0.6) is 0 Å². The minimum absolute atomic E-state index is 0.0147. The van der Waals surface area contributed by atoms with Crippen LogP contribution in [0.1, 0.15) is 11.1 Å². The highest BCUT2D eigenvalue weighted by Gasteiger charge is 2.25. The summed E-state index contributed by atoms with van der Waals surface area (Å²) in [6, 6.07) is 16.6. The van der Waals surface area contributed by atoms with E-state index >= 15 is 0 Å². The summed E-state index contributed by atoms with van der Waals surface area (Å²) in [5.41, 5.74) is 3.55. The van der Waals surface area contributed by atoms with Gasteiger partial charge < -0.3 is 14.6 Å². The first kappa shape index (κ1) is 18.8. The lowest BCUT2D eigenvalue weighted by atomic mass is 9.99. The average Bonchev–Trinajstić information content (AvgIpc) is 3.00. The lowest BCUT2D eigenvalue weighted by Gasteiger charge is -2.30. The fourth-order valence-electron chi connectivity index (χ4n) is 4.39. The van der Waals surface area contributed by atoms with Gasteiger partial charge in [0, 0.05) is 34.9 Å². The number of β-amino-alcohol motifs (C(OH)–C–C–N with tert-alkyl or cyclic N) is 1. The van der Waals surface area contributed by atoms with Gasteiger partial charge >= 0.3 is 0 Å². The molecule has 0 aliphatic carbocycles. The number of benzene rings is 3. The van der Waals surface area contributed by atoms with Gasteiger partial charge in [-0.1, -0.05) is 24.3 Å². The summed E-state index contributed by atoms with van der Waals surface area (Å²) >= 11 is 0. The summed E-state index contributed by atoms with van der Waals surface area (Å²) in [5, 5.41) is 12.0. The minimum atomic E-state index is -0.826. The zero-order chi connectivity index (χ0) is 20.8. The molecule has 0 fully saturated rings. The van der Waals surface area contributed by atoms with Crippen LogP contribution in [0.2, 0.25) is 0 Å². The van der Waals surface area contributed by atoms with E-state index in [4.69, 9.17) is 0 Å². The Morgan fingerprint density at radius 2 is 1.47 bits per heavy atom. The Bertz CT molecular complexity index is 1220. The van der Waals surface area contributed by atoms with E-state index in [9.17, 15) is 18.7 Å². The van der Waals surface area contributed by atoms with Crippen LogP contribution in [-0.2, 0) is 24.3 Å². The molecule has 4 nitrogen and oxygen atoms in total. The lowest BCUT2D eigenvalue weighted by molar-refractivity contribution is -0.133. The Morgan fingerprint density at radius 1 is 0.867 bits per heavy atom. The van der Waals surface area contributed by atoms with E-state index in [1.165, 1.54) is 24.3 Å². The predicted octanol–water partition coefficient (Wildman–Crippen LogP) is 4.02. The zero-order valence-electron chi connectivity index (χ0n) is 16.2. The Kier molecular flexibility index (Phi) is 4.51. The number of carbonyl (C=O) groups is 1. The maximum absolute atomic E-state index is 13.8. The van der Waals surface area contributed by atoms with Gasteiger partial charge in [-0.3, -0.25) is 4.79 Å². The Balaban J connectivity index is 1.45. The van der Waals surface area contributed by atoms with Crippen LogP contribution in [0.4, 0.5) is 8.78 Å². The third-order valence-electron chi connectivity index (χ3n) is 5.79. The summed E-state index contributed by atoms with van der Waals surface area (Å²) < 4.78 is 29.5. The van der Waals surface area contributed by atoms with E-state index in [0.717, 1.165) is 11.1 Å². The monoisotopic (exact) mass is 406 g/mol. The number of hydrogen-bond donors (Lipinski definition) is 1. The lowest BCUT2D eigenvalue weighted by Crippen LogP contribution is -2.42. The van der Waals surface area contributed by atoms with Crippen molar-refractivity contribution in [3.63, 3.8) is 0 Å². The molecule has 2 heterocycles. The van der Waals surface area contributed by atoms with Crippen molar-refractivity contribution in [1.29, 1.82) is 0 Å². The molecule has 0 saturated carbocycles. The van der Waals surface area contributed by atoms with Gasteiger partial charge in [-0.15, -0.1) is 0 Å². The summed E-state index contributed by atoms with van der Waals surface area (Å²) in [7, 11) is 0. The first-order valence-corrected chi connectivity index (χ1v) is 9.89. The number of rotatable bonds is 4. The first-order chi connectivity index (χ1) is 14.5. The molecule has 1 N–H and O–H groups in total. The highest BCUT2D eigenvalue weighted by atomic mass is 19.1. The molecule has 1 aromatic heterocycles. The van der Waals surface area contributed by atoms with Crippen molar-refractivity contribution in [1.82, 2.24) is 9.47 Å². The molecule has 1 amide bonds. The van der Waals surface area contributed by atoms with Crippen LogP contribution < -0.4 is 0 Å². The van der Waals surface area contributed by atoms with Crippen molar-refractivity contribution in [2.24, 2.45) is 0 Å². The van der Waals surface area contributed by atoms with Gasteiger partial charge in [-0.2, -0.15) is 0 Å². The van der Waals surface area contributed by atoms with Gasteiger partial charge in [0.05, 0.1) is 19.1 Å². The van der Waals surface area contributed by atoms with Crippen LogP contribution in [0.25, 0.3) is 21.8 Å². The van der Waals surface area contributed by atoms with E-state index in [-0.39, 0.29) is 19.0 Å². The number of aliphatic hydroxyl groups is 1. The highest BCUT2D eigenvalue weighted by Crippen LogP contribution is 2.30. The quantitative estimate of drug-likeness (QED) is 0.557. The fraction of sp³-hybridized carbons (Fsp3) is 0.208. The molecule has 0 radical (unpaired) electrons. The van der Waals surface area contributed by atoms with Crippen molar-refractivity contribution in [3.8, 4) is 0 Å². The van der Waals surface area contributed by atoms with Crippen LogP contribution >= 0.6 is 0 Å². The van der Waals surface area contributed by atoms with Crippen molar-refractivity contribution >= 4 is 27.7 Å². The second-order valence-electron chi connectivity index (χ2n) is 7.81. The smallest absolute Gasteiger partial charge is 0.227 e. The summed E-state index contributed by atoms with van der Waals surface area (Å²) in [6.07, 6.45) is -0.496. The number of hydrogen-bond acceptors (Lipinski definition) is 2. The number of nitrogens with zero attached hydrogens (tertiary/aromatic N) is 2. The van der Waals surface area contributed by atoms with Crippen molar-refractivity contribution in [3.05, 3.63) is 83.4 Å². The van der Waals surface area contributed by atoms with Gasteiger partial charge in [-0.05, 0) is 47.5 Å². The molecule has 0 saturated heterocycles. The number of aromatic nitrogens is 1. The zero-order valence-corrected chi connectivity index (χ0v) is 16.2. The molecule has 5 rings (SSSR count). The number of halogens is 2. The normalized spacial score (nSPS) is 15.0. The van der Waals surface area contributed by atoms with Crippen molar-refractivity contribution in [2.75, 3.05) is 6.54 Å². The van der Waals surface area contributed by atoms with Crippen molar-refractivity contribution < 1.29 is 18.7 Å². The molecule has 30 heavy (non-hydrogen) atoms. The van der Waals surface area contributed by atoms with Crippen LogP contribution in [0.15, 0.2) is 60.7 Å². The van der Waals surface area contributed by atoms with Gasteiger partial charge in [0.2, 0.25) is 5.91 Å². The fourth-order valence-corrected chi connectivity index (χ4v) is 4.39. The molecule has 3 aromatic carbocycles.